The molecule has 0 amide bonds. The topological polar surface area (TPSA) is 118 Å². The second-order valence-corrected chi connectivity index (χ2v) is 6.73. The maximum absolute atomic E-state index is 8.70. The van der Waals surface area contributed by atoms with E-state index in [2.05, 4.69) is 0 Å². The third-order valence-corrected chi connectivity index (χ3v) is 4.20. The van der Waals surface area contributed by atoms with E-state index >= 15 is 0 Å². The van der Waals surface area contributed by atoms with Gasteiger partial charge in [-0.15, -0.1) is 0 Å². The average molecular weight is 464 g/mol. The summed E-state index contributed by atoms with van der Waals surface area (Å²) in [6, 6.07) is 0. The molecule has 0 rings (SSSR count). The van der Waals surface area contributed by atoms with Gasteiger partial charge < -0.3 is 39.4 Å². The molecule has 0 aromatic rings. The predicted octanol–water partition coefficient (Wildman–Crippen LogP) is 1.61. The van der Waals surface area contributed by atoms with Crippen molar-refractivity contribution in [3.8, 4) is 0 Å². The fraction of sp³-hybridized carbons (Fsp3) is 1.00. The van der Waals surface area contributed by atoms with Gasteiger partial charge in [0.15, 0.2) is 0 Å². The second kappa shape index (κ2) is 26.4. The van der Waals surface area contributed by atoms with Gasteiger partial charge in [0.1, 0.15) is 0 Å². The molecular formula is C20H48O8Ti. The normalized spacial score (nSPS) is 18.2. The molecular weight excluding hydrogens is 416 g/mol. The van der Waals surface area contributed by atoms with Gasteiger partial charge in [0.05, 0.1) is 48.8 Å². The number of ether oxygens (including phenoxy) is 4. The third-order valence-electron chi connectivity index (χ3n) is 4.20. The molecule has 0 saturated heterocycles. The molecule has 8 atom stereocenters. The van der Waals surface area contributed by atoms with Crippen molar-refractivity contribution < 1.29 is 61.1 Å². The number of methoxy groups -OCH3 is 4. The Hall–Kier alpha value is 0.394. The molecule has 0 spiro atoms. The zero-order valence-electron chi connectivity index (χ0n) is 20.5. The Bertz CT molecular complexity index is 236. The number of aliphatic hydroxyl groups is 4. The van der Waals surface area contributed by atoms with Crippen molar-refractivity contribution in [1.29, 1.82) is 0 Å². The summed E-state index contributed by atoms with van der Waals surface area (Å²) in [6.07, 6.45) is -1.59. The quantitative estimate of drug-likeness (QED) is 0.400. The van der Waals surface area contributed by atoms with Gasteiger partial charge in [-0.25, -0.2) is 0 Å². The molecule has 8 nitrogen and oxygen atoms in total. The largest absolute Gasteiger partial charge is 0.391 e. The van der Waals surface area contributed by atoms with E-state index in [1.165, 1.54) is 0 Å². The molecule has 0 aliphatic heterocycles. The molecule has 0 aromatic carbocycles. The maximum Gasteiger partial charge on any atom is 0.0799 e. The van der Waals surface area contributed by atoms with E-state index < -0.39 is 0 Å². The Morgan fingerprint density at radius 2 is 0.483 bits per heavy atom. The van der Waals surface area contributed by atoms with Gasteiger partial charge in [0.2, 0.25) is 0 Å². The summed E-state index contributed by atoms with van der Waals surface area (Å²) in [7, 11) is 6.32. The van der Waals surface area contributed by atoms with Crippen LogP contribution in [-0.2, 0) is 40.7 Å². The number of aliphatic hydroxyl groups excluding tert-OH is 4. The molecule has 0 aromatic heterocycles. The molecule has 9 heteroatoms. The van der Waals surface area contributed by atoms with Crippen LogP contribution in [0, 0.1) is 0 Å². The number of hydrogen-bond acceptors (Lipinski definition) is 8. The first kappa shape index (κ1) is 39.8. The molecule has 0 fully saturated rings. The maximum atomic E-state index is 8.70. The first-order chi connectivity index (χ1) is 12.7. The fourth-order valence-corrected chi connectivity index (χ4v) is 0.788. The summed E-state index contributed by atoms with van der Waals surface area (Å²) in [6.45, 7) is 14.1. The van der Waals surface area contributed by atoms with Crippen molar-refractivity contribution in [2.24, 2.45) is 0 Å². The van der Waals surface area contributed by atoms with Crippen LogP contribution in [0.15, 0.2) is 0 Å². The van der Waals surface area contributed by atoms with Crippen LogP contribution in [0.5, 0.6) is 0 Å². The van der Waals surface area contributed by atoms with E-state index in [4.69, 9.17) is 39.4 Å². The average Bonchev–Trinajstić information content (AvgIpc) is 2.66. The van der Waals surface area contributed by atoms with E-state index in [0.29, 0.717) is 0 Å². The summed E-state index contributed by atoms with van der Waals surface area (Å²) in [5.74, 6) is 0. The SMILES string of the molecule is COC(C)C(C)O.COC(C)C(C)O.COC(C)C(C)O.COC(C)C(C)O.[Ti]. The molecule has 8 unspecified atom stereocenters. The van der Waals surface area contributed by atoms with Gasteiger partial charge in [-0.2, -0.15) is 0 Å². The van der Waals surface area contributed by atoms with Gasteiger partial charge in [-0.05, 0) is 55.4 Å². The van der Waals surface area contributed by atoms with E-state index in [0.717, 1.165) is 0 Å². The van der Waals surface area contributed by atoms with Crippen LogP contribution in [0.3, 0.4) is 0 Å². The Morgan fingerprint density at radius 3 is 0.483 bits per heavy atom. The minimum Gasteiger partial charge on any atom is -0.391 e. The van der Waals surface area contributed by atoms with Crippen molar-refractivity contribution >= 4 is 0 Å². The molecule has 29 heavy (non-hydrogen) atoms. The minimum absolute atomic E-state index is 0. The zero-order chi connectivity index (χ0) is 23.4. The summed E-state index contributed by atoms with van der Waals surface area (Å²) >= 11 is 0. The van der Waals surface area contributed by atoms with Crippen LogP contribution >= 0.6 is 0 Å². The van der Waals surface area contributed by atoms with Crippen LogP contribution in [0.1, 0.15) is 55.4 Å². The molecule has 0 aliphatic rings. The molecule has 180 valence electrons. The van der Waals surface area contributed by atoms with Crippen molar-refractivity contribution in [3.63, 3.8) is 0 Å². The monoisotopic (exact) mass is 464 g/mol. The van der Waals surface area contributed by atoms with Crippen molar-refractivity contribution in [2.45, 2.75) is 104 Å². The van der Waals surface area contributed by atoms with Gasteiger partial charge in [0.25, 0.3) is 0 Å². The van der Waals surface area contributed by atoms with Crippen LogP contribution in [0.2, 0.25) is 0 Å². The summed E-state index contributed by atoms with van der Waals surface area (Å²) in [5, 5.41) is 34.8. The second-order valence-electron chi connectivity index (χ2n) is 6.73. The summed E-state index contributed by atoms with van der Waals surface area (Å²) in [4.78, 5) is 0. The van der Waals surface area contributed by atoms with Crippen molar-refractivity contribution in [1.82, 2.24) is 0 Å². The van der Waals surface area contributed by atoms with Crippen LogP contribution < -0.4 is 0 Å². The first-order valence-electron chi connectivity index (χ1n) is 9.56. The van der Waals surface area contributed by atoms with Gasteiger partial charge in [-0.1, -0.05) is 0 Å². The van der Waals surface area contributed by atoms with E-state index in [1.54, 1.807) is 56.1 Å². The third kappa shape index (κ3) is 33.2. The van der Waals surface area contributed by atoms with E-state index in [1.807, 2.05) is 27.7 Å². The predicted molar refractivity (Wildman–Crippen MR) is 113 cm³/mol. The van der Waals surface area contributed by atoms with Gasteiger partial charge in [-0.3, -0.25) is 0 Å². The van der Waals surface area contributed by atoms with Gasteiger partial charge in [0, 0.05) is 50.2 Å². The molecule has 0 aliphatic carbocycles. The van der Waals surface area contributed by atoms with Crippen molar-refractivity contribution in [2.75, 3.05) is 28.4 Å². The van der Waals surface area contributed by atoms with E-state index in [9.17, 15) is 0 Å². The molecule has 0 radical (unpaired) electrons. The van der Waals surface area contributed by atoms with Gasteiger partial charge >= 0.3 is 0 Å². The first-order valence-corrected chi connectivity index (χ1v) is 9.56. The number of hydrogen-bond donors (Lipinski definition) is 4. The summed E-state index contributed by atoms with van der Waals surface area (Å²) in [5.41, 5.74) is 0. The molecule has 0 bridgehead atoms. The van der Waals surface area contributed by atoms with Crippen LogP contribution in [-0.4, -0.2) is 97.7 Å². The Morgan fingerprint density at radius 1 is 0.379 bits per heavy atom. The Balaban J connectivity index is -0.0000000873. The molecule has 0 heterocycles. The fourth-order valence-electron chi connectivity index (χ4n) is 0.788. The number of rotatable bonds is 8. The summed E-state index contributed by atoms with van der Waals surface area (Å²) < 4.78 is 19.0. The standard InChI is InChI=1S/4C5H12O2.Ti/c4*1-4(6)5(2)7-3;/h4*4-6H,1-3H3;. The smallest absolute Gasteiger partial charge is 0.0799 e. The minimum atomic E-state index is -0.356. The van der Waals surface area contributed by atoms with Crippen molar-refractivity contribution in [3.05, 3.63) is 0 Å². The van der Waals surface area contributed by atoms with Crippen LogP contribution in [0.4, 0.5) is 0 Å². The zero-order valence-corrected chi connectivity index (χ0v) is 22.1. The Kier molecular flexibility index (Phi) is 36.3. The van der Waals surface area contributed by atoms with Crippen LogP contribution in [0.25, 0.3) is 0 Å². The Labute approximate surface area is 193 Å². The molecule has 4 N–H and O–H groups in total. The van der Waals surface area contributed by atoms with E-state index in [-0.39, 0.29) is 70.5 Å². The molecule has 0 saturated carbocycles.